The van der Waals surface area contributed by atoms with Gasteiger partial charge in [-0.2, -0.15) is 0 Å². The van der Waals surface area contributed by atoms with Crippen LogP contribution in [0.3, 0.4) is 0 Å². The summed E-state index contributed by atoms with van der Waals surface area (Å²) in [6.07, 6.45) is 0. The van der Waals surface area contributed by atoms with E-state index in [0.29, 0.717) is 0 Å². The van der Waals surface area contributed by atoms with E-state index in [0.717, 1.165) is 6.07 Å². The Morgan fingerprint density at radius 1 is 1.37 bits per heavy atom. The molecule has 0 saturated heterocycles. The third-order valence-electron chi connectivity index (χ3n) is 2.36. The van der Waals surface area contributed by atoms with Crippen molar-refractivity contribution in [1.29, 1.82) is 0 Å². The minimum Gasteiger partial charge on any atom is -0.485 e. The zero-order valence-corrected chi connectivity index (χ0v) is 10.0. The van der Waals surface area contributed by atoms with Gasteiger partial charge in [-0.05, 0) is 19.1 Å². The molecule has 0 fully saturated rings. The van der Waals surface area contributed by atoms with Gasteiger partial charge >= 0.3 is 5.97 Å². The fourth-order valence-electron chi connectivity index (χ4n) is 1.58. The van der Waals surface area contributed by atoms with Gasteiger partial charge < -0.3 is 14.3 Å². The monoisotopic (exact) mass is 262 g/mol. The topological polar surface area (TPSA) is 93.8 Å². The number of ketones is 1. The van der Waals surface area contributed by atoms with Crippen molar-refractivity contribution in [3.8, 4) is 5.75 Å². The molecule has 98 valence electrons. The van der Waals surface area contributed by atoms with Crippen LogP contribution in [0.4, 0.5) is 0 Å². The Hall–Kier alpha value is -2.63. The third-order valence-corrected chi connectivity index (χ3v) is 2.36. The Morgan fingerprint density at radius 2 is 2.11 bits per heavy atom. The molecule has 0 atom stereocenters. The summed E-state index contributed by atoms with van der Waals surface area (Å²) in [4.78, 5) is 33.5. The van der Waals surface area contributed by atoms with Gasteiger partial charge in [0, 0.05) is 6.07 Å². The number of carbonyl (C=O) groups is 2. The first-order chi connectivity index (χ1) is 8.99. The van der Waals surface area contributed by atoms with E-state index >= 15 is 0 Å². The largest absolute Gasteiger partial charge is 0.485 e. The average molecular weight is 262 g/mol. The van der Waals surface area contributed by atoms with Crippen LogP contribution in [0.1, 0.15) is 17.5 Å². The molecule has 0 saturated carbocycles. The predicted octanol–water partition coefficient (Wildman–Crippen LogP) is 1.46. The molecule has 0 radical (unpaired) electrons. The predicted molar refractivity (Wildman–Crippen MR) is 65.6 cm³/mol. The molecule has 0 aliphatic carbocycles. The zero-order chi connectivity index (χ0) is 14.0. The van der Waals surface area contributed by atoms with E-state index in [1.807, 2.05) is 0 Å². The van der Waals surface area contributed by atoms with Crippen LogP contribution < -0.4 is 10.2 Å². The molecule has 1 aromatic carbocycles. The summed E-state index contributed by atoms with van der Waals surface area (Å²) in [5.41, 5.74) is -0.427. The minimum absolute atomic E-state index is 0.103. The second-order valence-corrected chi connectivity index (χ2v) is 3.90. The SMILES string of the molecule is CC(=O)COc1cccc2oc(C(=O)O)cc(=O)c12. The zero-order valence-electron chi connectivity index (χ0n) is 10.0. The Labute approximate surface area is 107 Å². The summed E-state index contributed by atoms with van der Waals surface area (Å²) >= 11 is 0. The van der Waals surface area contributed by atoms with Crippen molar-refractivity contribution in [2.75, 3.05) is 6.61 Å². The van der Waals surface area contributed by atoms with Crippen molar-refractivity contribution in [2.24, 2.45) is 0 Å². The summed E-state index contributed by atoms with van der Waals surface area (Å²) in [6, 6.07) is 5.41. The maximum Gasteiger partial charge on any atom is 0.371 e. The van der Waals surface area contributed by atoms with Gasteiger partial charge in [-0.25, -0.2) is 4.79 Å². The van der Waals surface area contributed by atoms with Crippen LogP contribution in [-0.4, -0.2) is 23.5 Å². The lowest BCUT2D eigenvalue weighted by Gasteiger charge is -2.06. The Kier molecular flexibility index (Phi) is 3.33. The van der Waals surface area contributed by atoms with E-state index in [9.17, 15) is 14.4 Å². The molecule has 6 nitrogen and oxygen atoms in total. The molecule has 0 unspecified atom stereocenters. The van der Waals surface area contributed by atoms with E-state index in [1.54, 1.807) is 6.07 Å². The number of carbonyl (C=O) groups excluding carboxylic acids is 1. The van der Waals surface area contributed by atoms with Gasteiger partial charge in [-0.3, -0.25) is 9.59 Å². The van der Waals surface area contributed by atoms with Gasteiger partial charge in [0.05, 0.1) is 0 Å². The molecule has 6 heteroatoms. The highest BCUT2D eigenvalue weighted by atomic mass is 16.5. The van der Waals surface area contributed by atoms with Crippen LogP contribution in [0.15, 0.2) is 33.5 Å². The third kappa shape index (κ3) is 2.62. The van der Waals surface area contributed by atoms with Crippen LogP contribution in [0, 0.1) is 0 Å². The first kappa shape index (κ1) is 12.8. The van der Waals surface area contributed by atoms with Crippen molar-refractivity contribution < 1.29 is 23.8 Å². The Balaban J connectivity index is 2.59. The number of hydrogen-bond acceptors (Lipinski definition) is 5. The first-order valence-electron chi connectivity index (χ1n) is 5.41. The van der Waals surface area contributed by atoms with Gasteiger partial charge in [0.25, 0.3) is 0 Å². The number of hydrogen-bond donors (Lipinski definition) is 1. The second kappa shape index (κ2) is 4.93. The first-order valence-corrected chi connectivity index (χ1v) is 5.41. The molecule has 0 aliphatic heterocycles. The number of rotatable bonds is 4. The smallest absolute Gasteiger partial charge is 0.371 e. The van der Waals surface area contributed by atoms with Crippen LogP contribution in [-0.2, 0) is 4.79 Å². The summed E-state index contributed by atoms with van der Waals surface area (Å²) in [6.45, 7) is 1.19. The Morgan fingerprint density at radius 3 is 2.74 bits per heavy atom. The van der Waals surface area contributed by atoms with Crippen LogP contribution in [0.2, 0.25) is 0 Å². The maximum atomic E-state index is 11.9. The standard InChI is InChI=1S/C13H10O6/c1-7(14)6-18-9-3-2-4-10-12(9)8(15)5-11(19-10)13(16)17/h2-5H,6H2,1H3,(H,16,17). The minimum atomic E-state index is -1.32. The van der Waals surface area contributed by atoms with Crippen LogP contribution in [0.5, 0.6) is 5.75 Å². The second-order valence-electron chi connectivity index (χ2n) is 3.90. The number of fused-ring (bicyclic) bond motifs is 1. The highest BCUT2D eigenvalue weighted by molar-refractivity contribution is 5.89. The van der Waals surface area contributed by atoms with E-state index in [2.05, 4.69) is 0 Å². The molecule has 2 rings (SSSR count). The molecule has 0 amide bonds. The molecule has 0 bridgehead atoms. The van der Waals surface area contributed by atoms with E-state index < -0.39 is 17.2 Å². The number of benzene rings is 1. The fourth-order valence-corrected chi connectivity index (χ4v) is 1.58. The van der Waals surface area contributed by atoms with Crippen molar-refractivity contribution in [2.45, 2.75) is 6.92 Å². The molecule has 0 aliphatic rings. The van der Waals surface area contributed by atoms with Gasteiger partial charge in [-0.15, -0.1) is 0 Å². The van der Waals surface area contributed by atoms with Crippen molar-refractivity contribution in [3.05, 3.63) is 40.2 Å². The lowest BCUT2D eigenvalue weighted by Crippen LogP contribution is -2.11. The summed E-state index contributed by atoms with van der Waals surface area (Å²) in [5.74, 6) is -1.77. The highest BCUT2D eigenvalue weighted by Crippen LogP contribution is 2.23. The number of Topliss-reactive ketones (excluding diaryl/α,β-unsaturated/α-hetero) is 1. The quantitative estimate of drug-likeness (QED) is 0.896. The van der Waals surface area contributed by atoms with Gasteiger partial charge in [0.15, 0.2) is 11.2 Å². The van der Waals surface area contributed by atoms with E-state index in [1.165, 1.54) is 19.1 Å². The van der Waals surface area contributed by atoms with Crippen molar-refractivity contribution in [3.63, 3.8) is 0 Å². The van der Waals surface area contributed by atoms with E-state index in [-0.39, 0.29) is 29.1 Å². The van der Waals surface area contributed by atoms with Gasteiger partial charge in [0.1, 0.15) is 23.3 Å². The molecule has 1 heterocycles. The van der Waals surface area contributed by atoms with Gasteiger partial charge in [-0.1, -0.05) is 6.07 Å². The molecular formula is C13H10O6. The summed E-state index contributed by atoms with van der Waals surface area (Å²) in [5, 5.41) is 8.92. The number of ether oxygens (including phenoxy) is 1. The molecule has 1 N–H and O–H groups in total. The van der Waals surface area contributed by atoms with E-state index in [4.69, 9.17) is 14.3 Å². The van der Waals surface area contributed by atoms with Crippen LogP contribution >= 0.6 is 0 Å². The van der Waals surface area contributed by atoms with Crippen molar-refractivity contribution in [1.82, 2.24) is 0 Å². The lowest BCUT2D eigenvalue weighted by molar-refractivity contribution is -0.118. The summed E-state index contributed by atoms with van der Waals surface area (Å²) < 4.78 is 10.3. The van der Waals surface area contributed by atoms with Crippen LogP contribution in [0.25, 0.3) is 11.0 Å². The van der Waals surface area contributed by atoms with Crippen molar-refractivity contribution >= 4 is 22.7 Å². The molecular weight excluding hydrogens is 252 g/mol. The molecule has 2 aromatic rings. The average Bonchev–Trinajstić information content (AvgIpc) is 2.35. The maximum absolute atomic E-state index is 11.9. The Bertz CT molecular complexity index is 713. The molecule has 1 aromatic heterocycles. The highest BCUT2D eigenvalue weighted by Gasteiger charge is 2.14. The number of carboxylic acid groups (broad SMARTS) is 1. The lowest BCUT2D eigenvalue weighted by atomic mass is 10.2. The molecule has 19 heavy (non-hydrogen) atoms. The number of aromatic carboxylic acids is 1. The van der Waals surface area contributed by atoms with Gasteiger partial charge in [0.2, 0.25) is 5.76 Å². The summed E-state index contributed by atoms with van der Waals surface area (Å²) in [7, 11) is 0. The fraction of sp³-hybridized carbons (Fsp3) is 0.154. The number of carboxylic acids is 1. The molecule has 0 spiro atoms. The normalized spacial score (nSPS) is 10.4.